The number of nitrogens with zero attached hydrogens (tertiary/aromatic N) is 3. The summed E-state index contributed by atoms with van der Waals surface area (Å²) in [6.07, 6.45) is 0. The molecular formula is C11H10Cl2N4O. The first-order valence-corrected chi connectivity index (χ1v) is 5.85. The average molecular weight is 285 g/mol. The van der Waals surface area contributed by atoms with Crippen LogP contribution in [0.15, 0.2) is 24.3 Å². The van der Waals surface area contributed by atoms with Crippen LogP contribution in [0.5, 0.6) is 0 Å². The van der Waals surface area contributed by atoms with Crippen molar-refractivity contribution < 1.29 is 4.74 Å². The molecule has 2 rings (SSSR count). The van der Waals surface area contributed by atoms with Crippen LogP contribution in [0, 0.1) is 0 Å². The normalized spacial score (nSPS) is 10.4. The Balaban J connectivity index is 2.20. The van der Waals surface area contributed by atoms with Crippen molar-refractivity contribution in [3.63, 3.8) is 0 Å². The lowest BCUT2D eigenvalue weighted by atomic mass is 10.2. The first-order valence-electron chi connectivity index (χ1n) is 5.09. The molecule has 1 N–H and O–H groups in total. The predicted octanol–water partition coefficient (Wildman–Crippen LogP) is 3.07. The quantitative estimate of drug-likeness (QED) is 0.935. The van der Waals surface area contributed by atoms with E-state index in [-0.39, 0.29) is 10.6 Å². The molecule has 1 aromatic heterocycles. The molecule has 1 aromatic carbocycles. The highest BCUT2D eigenvalue weighted by Crippen LogP contribution is 2.17. The largest absolute Gasteiger partial charge is 0.380 e. The number of hydrogen-bond donors (Lipinski definition) is 1. The number of aromatic nitrogens is 3. The molecule has 0 atom stereocenters. The van der Waals surface area contributed by atoms with Crippen LogP contribution < -0.4 is 5.32 Å². The van der Waals surface area contributed by atoms with E-state index in [2.05, 4.69) is 20.3 Å². The third-order valence-electron chi connectivity index (χ3n) is 2.07. The van der Waals surface area contributed by atoms with E-state index >= 15 is 0 Å². The third-order valence-corrected chi connectivity index (χ3v) is 2.41. The van der Waals surface area contributed by atoms with Gasteiger partial charge in [-0.2, -0.15) is 15.0 Å². The topological polar surface area (TPSA) is 59.9 Å². The van der Waals surface area contributed by atoms with Crippen LogP contribution in [0.25, 0.3) is 0 Å². The standard InChI is InChI=1S/C11H10Cl2N4O/c1-18-6-7-3-2-4-8(5-7)14-11-16-9(12)15-10(13)17-11/h2-5H,6H2,1H3,(H,14,15,16,17). The van der Waals surface area contributed by atoms with Crippen molar-refractivity contribution in [2.75, 3.05) is 12.4 Å². The second kappa shape index (κ2) is 5.95. The molecule has 2 aromatic rings. The number of anilines is 2. The predicted molar refractivity (Wildman–Crippen MR) is 70.3 cm³/mol. The van der Waals surface area contributed by atoms with Crippen LogP contribution in [0.3, 0.4) is 0 Å². The van der Waals surface area contributed by atoms with Crippen molar-refractivity contribution in [3.8, 4) is 0 Å². The number of benzene rings is 1. The summed E-state index contributed by atoms with van der Waals surface area (Å²) in [5, 5.41) is 3.09. The summed E-state index contributed by atoms with van der Waals surface area (Å²) >= 11 is 11.4. The lowest BCUT2D eigenvalue weighted by Gasteiger charge is -2.06. The van der Waals surface area contributed by atoms with Crippen molar-refractivity contribution in [2.45, 2.75) is 6.61 Å². The van der Waals surface area contributed by atoms with Gasteiger partial charge >= 0.3 is 0 Å². The fraction of sp³-hybridized carbons (Fsp3) is 0.182. The van der Waals surface area contributed by atoms with Gasteiger partial charge in [-0.25, -0.2) is 0 Å². The van der Waals surface area contributed by atoms with E-state index in [4.69, 9.17) is 27.9 Å². The zero-order valence-electron chi connectivity index (χ0n) is 9.52. The SMILES string of the molecule is COCc1cccc(Nc2nc(Cl)nc(Cl)n2)c1. The Morgan fingerprint density at radius 1 is 1.17 bits per heavy atom. The van der Waals surface area contributed by atoms with Crippen LogP contribution in [0.2, 0.25) is 10.6 Å². The molecule has 0 spiro atoms. The summed E-state index contributed by atoms with van der Waals surface area (Å²) in [4.78, 5) is 11.5. The molecule has 0 amide bonds. The van der Waals surface area contributed by atoms with E-state index in [0.717, 1.165) is 11.3 Å². The number of halogens is 2. The lowest BCUT2D eigenvalue weighted by Crippen LogP contribution is -2.00. The van der Waals surface area contributed by atoms with Crippen molar-refractivity contribution >= 4 is 34.8 Å². The van der Waals surface area contributed by atoms with Gasteiger partial charge in [-0.3, -0.25) is 0 Å². The second-order valence-corrected chi connectivity index (χ2v) is 4.13. The summed E-state index contributed by atoms with van der Waals surface area (Å²) in [6, 6.07) is 7.67. The summed E-state index contributed by atoms with van der Waals surface area (Å²) in [5.41, 5.74) is 1.86. The van der Waals surface area contributed by atoms with E-state index in [1.54, 1.807) is 7.11 Å². The van der Waals surface area contributed by atoms with Crippen molar-refractivity contribution in [1.82, 2.24) is 15.0 Å². The summed E-state index contributed by atoms with van der Waals surface area (Å²) < 4.78 is 5.06. The van der Waals surface area contributed by atoms with Crippen LogP contribution in [-0.4, -0.2) is 22.1 Å². The van der Waals surface area contributed by atoms with Gasteiger partial charge in [-0.15, -0.1) is 0 Å². The third kappa shape index (κ3) is 3.53. The molecule has 0 radical (unpaired) electrons. The minimum absolute atomic E-state index is 0.0468. The Bertz CT molecular complexity index is 530. The molecule has 0 bridgehead atoms. The Hall–Kier alpha value is -1.43. The summed E-state index contributed by atoms with van der Waals surface area (Å²) in [5.74, 6) is 0.301. The number of nitrogens with one attached hydrogen (secondary N) is 1. The Morgan fingerprint density at radius 3 is 2.56 bits per heavy atom. The van der Waals surface area contributed by atoms with E-state index in [9.17, 15) is 0 Å². The van der Waals surface area contributed by atoms with Gasteiger partial charge in [0.05, 0.1) is 6.61 Å². The molecule has 0 saturated heterocycles. The number of hydrogen-bond acceptors (Lipinski definition) is 5. The smallest absolute Gasteiger partial charge is 0.232 e. The average Bonchev–Trinajstić information content (AvgIpc) is 2.28. The number of rotatable bonds is 4. The first-order chi connectivity index (χ1) is 8.67. The zero-order chi connectivity index (χ0) is 13.0. The van der Waals surface area contributed by atoms with E-state index in [1.165, 1.54) is 0 Å². The zero-order valence-corrected chi connectivity index (χ0v) is 11.0. The van der Waals surface area contributed by atoms with E-state index in [0.29, 0.717) is 12.6 Å². The first kappa shape index (κ1) is 13.0. The van der Waals surface area contributed by atoms with E-state index < -0.39 is 0 Å². The molecule has 5 nitrogen and oxygen atoms in total. The fourth-order valence-corrected chi connectivity index (χ4v) is 1.78. The minimum Gasteiger partial charge on any atom is -0.380 e. The fourth-order valence-electron chi connectivity index (χ4n) is 1.42. The van der Waals surface area contributed by atoms with Crippen molar-refractivity contribution in [2.24, 2.45) is 0 Å². The Labute approximate surface area is 114 Å². The maximum atomic E-state index is 5.69. The van der Waals surface area contributed by atoms with Crippen LogP contribution in [0.1, 0.15) is 5.56 Å². The van der Waals surface area contributed by atoms with Crippen molar-refractivity contribution in [1.29, 1.82) is 0 Å². The summed E-state index contributed by atoms with van der Waals surface area (Å²) in [6.45, 7) is 0.536. The molecule has 0 aliphatic rings. The molecule has 0 aliphatic heterocycles. The lowest BCUT2D eigenvalue weighted by molar-refractivity contribution is 0.185. The molecule has 0 fully saturated rings. The molecule has 0 aliphatic carbocycles. The van der Waals surface area contributed by atoms with Gasteiger partial charge in [0.1, 0.15) is 0 Å². The molecule has 7 heteroatoms. The monoisotopic (exact) mass is 284 g/mol. The van der Waals surface area contributed by atoms with Gasteiger partial charge in [0, 0.05) is 12.8 Å². The maximum absolute atomic E-state index is 5.69. The van der Waals surface area contributed by atoms with Gasteiger partial charge in [0.25, 0.3) is 0 Å². The Kier molecular flexibility index (Phi) is 4.30. The van der Waals surface area contributed by atoms with Crippen LogP contribution in [0.4, 0.5) is 11.6 Å². The molecular weight excluding hydrogens is 275 g/mol. The highest BCUT2D eigenvalue weighted by Gasteiger charge is 2.04. The molecule has 1 heterocycles. The maximum Gasteiger partial charge on any atom is 0.232 e. The van der Waals surface area contributed by atoms with Crippen molar-refractivity contribution in [3.05, 3.63) is 40.4 Å². The molecule has 94 valence electrons. The molecule has 0 unspecified atom stereocenters. The van der Waals surface area contributed by atoms with E-state index in [1.807, 2.05) is 24.3 Å². The number of methoxy groups -OCH3 is 1. The van der Waals surface area contributed by atoms with Gasteiger partial charge in [-0.1, -0.05) is 12.1 Å². The highest BCUT2D eigenvalue weighted by molar-refractivity contribution is 6.31. The molecule has 0 saturated carbocycles. The van der Waals surface area contributed by atoms with Crippen LogP contribution >= 0.6 is 23.2 Å². The highest BCUT2D eigenvalue weighted by atomic mass is 35.5. The Morgan fingerprint density at radius 2 is 1.89 bits per heavy atom. The second-order valence-electron chi connectivity index (χ2n) is 3.46. The van der Waals surface area contributed by atoms with Crippen LogP contribution in [-0.2, 0) is 11.3 Å². The summed E-state index contributed by atoms with van der Waals surface area (Å²) in [7, 11) is 1.64. The van der Waals surface area contributed by atoms with Gasteiger partial charge in [0.2, 0.25) is 16.5 Å². The van der Waals surface area contributed by atoms with Gasteiger partial charge in [0.15, 0.2) is 0 Å². The molecule has 18 heavy (non-hydrogen) atoms. The van der Waals surface area contributed by atoms with Gasteiger partial charge in [-0.05, 0) is 40.9 Å². The number of ether oxygens (including phenoxy) is 1. The minimum atomic E-state index is 0.0468. The van der Waals surface area contributed by atoms with Gasteiger partial charge < -0.3 is 10.1 Å².